The number of carboxylic acids is 2. The normalized spacial score (nSPS) is 21.1. The van der Waals surface area contributed by atoms with Gasteiger partial charge in [-0.1, -0.05) is 0 Å². The fourth-order valence-electron chi connectivity index (χ4n) is 5.55. The number of rotatable bonds is 10. The van der Waals surface area contributed by atoms with Crippen molar-refractivity contribution < 1.29 is 43.2 Å². The van der Waals surface area contributed by atoms with E-state index in [1.54, 1.807) is 26.4 Å². The quantitative estimate of drug-likeness (QED) is 0.161. The minimum absolute atomic E-state index is 0.00127. The van der Waals surface area contributed by atoms with Crippen LogP contribution in [-0.4, -0.2) is 75.4 Å². The first-order valence-corrected chi connectivity index (χ1v) is 13.8. The van der Waals surface area contributed by atoms with Gasteiger partial charge in [-0.3, -0.25) is 20.1 Å². The van der Waals surface area contributed by atoms with Crippen molar-refractivity contribution in [3.63, 3.8) is 0 Å². The van der Waals surface area contributed by atoms with Crippen LogP contribution in [-0.2, 0) is 9.59 Å². The lowest BCUT2D eigenvalue weighted by atomic mass is 9.93. The van der Waals surface area contributed by atoms with Crippen molar-refractivity contribution in [1.29, 1.82) is 5.41 Å². The van der Waals surface area contributed by atoms with E-state index in [1.807, 2.05) is 4.90 Å². The summed E-state index contributed by atoms with van der Waals surface area (Å²) < 4.78 is 41.9. The molecule has 3 atom stereocenters. The van der Waals surface area contributed by atoms with Crippen LogP contribution in [0, 0.1) is 23.0 Å². The van der Waals surface area contributed by atoms with Gasteiger partial charge in [0.15, 0.2) is 17.3 Å². The maximum atomic E-state index is 15.7. The van der Waals surface area contributed by atoms with Crippen LogP contribution in [0.25, 0.3) is 0 Å². The topological polar surface area (TPSA) is 195 Å². The van der Waals surface area contributed by atoms with Crippen LogP contribution in [0.3, 0.4) is 0 Å². The molecule has 2 aromatic carbocycles. The Bertz CT molecular complexity index is 1720. The Morgan fingerprint density at radius 3 is 2.53 bits per heavy atom. The highest BCUT2D eigenvalue weighted by molar-refractivity contribution is 5.95. The number of aliphatic carboxylic acids is 2. The van der Waals surface area contributed by atoms with Gasteiger partial charge >= 0.3 is 11.9 Å². The summed E-state index contributed by atoms with van der Waals surface area (Å²) in [6.45, 7) is 0.461. The number of carboxylic acid groups (broad SMARTS) is 2. The van der Waals surface area contributed by atoms with Crippen LogP contribution < -0.4 is 20.1 Å². The number of ether oxygens (including phenoxy) is 2. The predicted octanol–water partition coefficient (Wildman–Crippen LogP) is 4.09. The molecule has 3 aromatic rings. The van der Waals surface area contributed by atoms with Crippen molar-refractivity contribution in [2.45, 2.75) is 31.0 Å². The van der Waals surface area contributed by atoms with Crippen LogP contribution in [0.5, 0.6) is 28.9 Å². The highest BCUT2D eigenvalue weighted by Crippen LogP contribution is 2.44. The number of likely N-dealkylation sites (N-methyl/N-ethyl adjacent to an activating group) is 1. The summed E-state index contributed by atoms with van der Waals surface area (Å²) in [5, 5.41) is 37.5. The van der Waals surface area contributed by atoms with Crippen molar-refractivity contribution in [2.24, 2.45) is 16.6 Å². The summed E-state index contributed by atoms with van der Waals surface area (Å²) in [6, 6.07) is 8.26. The zero-order valence-corrected chi connectivity index (χ0v) is 24.2. The molecule has 6 N–H and O–H groups in total. The molecular formula is C30H30F2N6O7. The van der Waals surface area contributed by atoms with Gasteiger partial charge in [0.2, 0.25) is 11.6 Å². The highest BCUT2D eigenvalue weighted by Gasteiger charge is 2.51. The number of nitrogens with two attached hydrogens (primary N) is 1. The van der Waals surface area contributed by atoms with Crippen molar-refractivity contribution in [1.82, 2.24) is 9.88 Å². The van der Waals surface area contributed by atoms with Crippen molar-refractivity contribution in [3.8, 4) is 28.9 Å². The molecule has 1 fully saturated rings. The van der Waals surface area contributed by atoms with E-state index in [-0.39, 0.29) is 42.2 Å². The Labute approximate surface area is 255 Å². The van der Waals surface area contributed by atoms with E-state index in [9.17, 15) is 24.9 Å². The lowest BCUT2D eigenvalue weighted by molar-refractivity contribution is -0.144. The number of pyridine rings is 1. The van der Waals surface area contributed by atoms with Crippen molar-refractivity contribution >= 4 is 29.7 Å². The smallest absolute Gasteiger partial charge is 0.329 e. The number of aliphatic imine (C=N–C) groups is 1. The first kappa shape index (κ1) is 31.1. The Kier molecular flexibility index (Phi) is 8.30. The molecule has 0 radical (unpaired) electrons. The molecule has 15 heteroatoms. The van der Waals surface area contributed by atoms with Gasteiger partial charge in [-0.2, -0.15) is 4.39 Å². The van der Waals surface area contributed by atoms with Gasteiger partial charge in [0.05, 0.1) is 12.1 Å². The number of amidine groups is 1. The SMILES string of the molecule is CN1CC=NC1c1cc(N(C)C2(C(=O)O)CCC(C(=O)O)C2)ccc1Oc1c(F)cnc(Oc2cc(C(=N)N)ccc2O)c1F. The Morgan fingerprint density at radius 1 is 1.16 bits per heavy atom. The van der Waals surface area contributed by atoms with Crippen LogP contribution >= 0.6 is 0 Å². The maximum Gasteiger partial charge on any atom is 0.329 e. The summed E-state index contributed by atoms with van der Waals surface area (Å²) in [5.74, 6) is -8.16. The number of phenolic OH excluding ortho intramolecular Hbond substituents is 1. The first-order chi connectivity index (χ1) is 21.3. The lowest BCUT2D eigenvalue weighted by Gasteiger charge is -2.37. The number of hydrogen-bond donors (Lipinski definition) is 5. The van der Waals surface area contributed by atoms with Gasteiger partial charge in [-0.15, -0.1) is 0 Å². The van der Waals surface area contributed by atoms with Gasteiger partial charge in [0.25, 0.3) is 5.88 Å². The third-order valence-electron chi connectivity index (χ3n) is 8.16. The number of phenols is 1. The number of aromatic nitrogens is 1. The molecule has 0 bridgehead atoms. The van der Waals surface area contributed by atoms with E-state index in [2.05, 4.69) is 9.98 Å². The Morgan fingerprint density at radius 2 is 1.91 bits per heavy atom. The largest absolute Gasteiger partial charge is 0.504 e. The number of anilines is 1. The van der Waals surface area contributed by atoms with Gasteiger partial charge in [0, 0.05) is 36.6 Å². The number of carbonyl (C=O) groups is 2. The molecule has 1 aromatic heterocycles. The highest BCUT2D eigenvalue weighted by atomic mass is 19.1. The molecule has 0 spiro atoms. The minimum atomic E-state index is -1.49. The van der Waals surface area contributed by atoms with E-state index in [0.29, 0.717) is 24.0 Å². The van der Waals surface area contributed by atoms with Gasteiger partial charge in [0.1, 0.15) is 23.3 Å². The first-order valence-electron chi connectivity index (χ1n) is 13.8. The molecule has 5 rings (SSSR count). The number of benzene rings is 2. The summed E-state index contributed by atoms with van der Waals surface area (Å²) in [4.78, 5) is 35.6. The number of hydrogen-bond acceptors (Lipinski definition) is 10. The Balaban J connectivity index is 1.52. The average molecular weight is 625 g/mol. The minimum Gasteiger partial charge on any atom is -0.504 e. The monoisotopic (exact) mass is 624 g/mol. The van der Waals surface area contributed by atoms with Crippen LogP contribution in [0.4, 0.5) is 14.5 Å². The summed E-state index contributed by atoms with van der Waals surface area (Å²) in [5.41, 5.74) is 4.93. The number of nitrogen functional groups attached to an aromatic ring is 1. The second-order valence-corrected chi connectivity index (χ2v) is 10.9. The van der Waals surface area contributed by atoms with Crippen LogP contribution in [0.1, 0.15) is 36.6 Å². The molecule has 13 nitrogen and oxygen atoms in total. The van der Waals surface area contributed by atoms with E-state index in [1.165, 1.54) is 35.2 Å². The number of aromatic hydroxyl groups is 1. The average Bonchev–Trinajstić information content (AvgIpc) is 3.65. The van der Waals surface area contributed by atoms with Crippen molar-refractivity contribution in [3.05, 3.63) is 65.4 Å². The summed E-state index contributed by atoms with van der Waals surface area (Å²) >= 11 is 0. The standard InChI is InChI=1S/C30H30F2N6O7/c1-37-10-9-35-26(37)18-12-17(38(2)30(29(42)43)8-7-16(13-30)28(40)41)4-6-21(18)44-24-19(31)14-36-27(23(24)32)45-22-11-15(25(33)34)3-5-20(22)39/h3-6,9,11-12,14,16,26,39H,7-8,10,13H2,1-2H3,(H3,33,34)(H,40,41)(H,42,43). The Hall–Kier alpha value is -5.31. The zero-order valence-electron chi connectivity index (χ0n) is 24.2. The lowest BCUT2D eigenvalue weighted by Crippen LogP contribution is -2.51. The number of halogens is 2. The fourth-order valence-corrected chi connectivity index (χ4v) is 5.55. The number of nitrogens with zero attached hydrogens (tertiary/aromatic N) is 4. The summed E-state index contributed by atoms with van der Waals surface area (Å²) in [7, 11) is 3.33. The van der Waals surface area contributed by atoms with E-state index in [4.69, 9.17) is 20.6 Å². The van der Waals surface area contributed by atoms with Gasteiger partial charge in [-0.05, 0) is 62.7 Å². The van der Waals surface area contributed by atoms with E-state index < -0.39 is 58.6 Å². The van der Waals surface area contributed by atoms with E-state index in [0.717, 1.165) is 0 Å². The molecular weight excluding hydrogens is 594 g/mol. The third-order valence-corrected chi connectivity index (χ3v) is 8.16. The van der Waals surface area contributed by atoms with Gasteiger partial charge in [-0.25, -0.2) is 14.2 Å². The number of nitrogens with one attached hydrogen (secondary N) is 1. The van der Waals surface area contributed by atoms with Crippen LogP contribution in [0.15, 0.2) is 47.6 Å². The molecule has 1 saturated carbocycles. The van der Waals surface area contributed by atoms with Crippen LogP contribution in [0.2, 0.25) is 0 Å². The zero-order chi connectivity index (χ0) is 32.6. The van der Waals surface area contributed by atoms with E-state index >= 15 is 8.78 Å². The van der Waals surface area contributed by atoms with Crippen molar-refractivity contribution in [2.75, 3.05) is 25.5 Å². The third kappa shape index (κ3) is 5.81. The molecule has 0 saturated heterocycles. The molecule has 2 aliphatic rings. The second kappa shape index (κ2) is 12.0. The molecule has 0 amide bonds. The molecule has 236 valence electrons. The molecule has 3 unspecified atom stereocenters. The summed E-state index contributed by atoms with van der Waals surface area (Å²) in [6.07, 6.45) is 1.86. The molecule has 2 heterocycles. The second-order valence-electron chi connectivity index (χ2n) is 10.9. The fraction of sp³-hybridized carbons (Fsp3) is 0.300. The molecule has 45 heavy (non-hydrogen) atoms. The molecule has 1 aliphatic heterocycles. The predicted molar refractivity (Wildman–Crippen MR) is 157 cm³/mol. The molecule has 1 aliphatic carbocycles. The maximum absolute atomic E-state index is 15.7. The van der Waals surface area contributed by atoms with Gasteiger partial charge < -0.3 is 35.4 Å².